The van der Waals surface area contributed by atoms with E-state index in [4.69, 9.17) is 28.6 Å². The molecule has 0 heterocycles. The van der Waals surface area contributed by atoms with Gasteiger partial charge < -0.3 is 15.0 Å². The van der Waals surface area contributed by atoms with E-state index in [1.807, 2.05) is 18.2 Å². The van der Waals surface area contributed by atoms with Crippen LogP contribution in [0.2, 0.25) is 5.02 Å². The van der Waals surface area contributed by atoms with Crippen molar-refractivity contribution >= 4 is 34.6 Å². The molecule has 1 aromatic carbocycles. The number of hydrogen-bond donors (Lipinski definition) is 1. The maximum Gasteiger partial charge on any atom is 0.173 e. The maximum absolute atomic E-state index is 6.14. The van der Waals surface area contributed by atoms with Gasteiger partial charge in [-0.1, -0.05) is 11.6 Å². The van der Waals surface area contributed by atoms with Crippen molar-refractivity contribution in [3.05, 3.63) is 23.2 Å². The van der Waals surface area contributed by atoms with E-state index in [1.165, 1.54) is 38.5 Å². The molecule has 4 bridgehead atoms. The second-order valence-electron chi connectivity index (χ2n) is 7.98. The Morgan fingerprint density at radius 3 is 2.33 bits per heavy atom. The molecule has 4 saturated carbocycles. The highest BCUT2D eigenvalue weighted by molar-refractivity contribution is 7.80. The van der Waals surface area contributed by atoms with Crippen LogP contribution in [0.1, 0.15) is 38.5 Å². The van der Waals surface area contributed by atoms with Crippen LogP contribution in [0.5, 0.6) is 5.75 Å². The third-order valence-corrected chi connectivity index (χ3v) is 7.04. The Kier molecular flexibility index (Phi) is 4.16. The molecule has 0 aromatic heterocycles. The largest absolute Gasteiger partial charge is 0.495 e. The molecular weight excluding hydrogens is 340 g/mol. The van der Waals surface area contributed by atoms with Crippen molar-refractivity contribution in [3.63, 3.8) is 0 Å². The molecule has 24 heavy (non-hydrogen) atoms. The zero-order chi connectivity index (χ0) is 16.9. The summed E-state index contributed by atoms with van der Waals surface area (Å²) < 4.78 is 5.43. The lowest BCUT2D eigenvalue weighted by atomic mass is 9.52. The average Bonchev–Trinajstić information content (AvgIpc) is 2.53. The molecule has 3 nitrogen and oxygen atoms in total. The minimum Gasteiger partial charge on any atom is -0.495 e. The molecule has 0 aliphatic heterocycles. The van der Waals surface area contributed by atoms with Crippen molar-refractivity contribution in [2.75, 3.05) is 19.5 Å². The summed E-state index contributed by atoms with van der Waals surface area (Å²) in [5.41, 5.74) is 1.09. The van der Waals surface area contributed by atoms with Crippen LogP contribution in [0.3, 0.4) is 0 Å². The van der Waals surface area contributed by atoms with Crippen molar-refractivity contribution in [1.29, 1.82) is 0 Å². The number of halogens is 1. The van der Waals surface area contributed by atoms with E-state index < -0.39 is 0 Å². The highest BCUT2D eigenvalue weighted by Gasteiger charge is 2.53. The van der Waals surface area contributed by atoms with Gasteiger partial charge in [-0.15, -0.1) is 0 Å². The molecule has 1 aromatic rings. The van der Waals surface area contributed by atoms with Gasteiger partial charge in [-0.3, -0.25) is 0 Å². The van der Waals surface area contributed by atoms with Gasteiger partial charge in [0, 0.05) is 17.6 Å². The zero-order valence-corrected chi connectivity index (χ0v) is 15.9. The van der Waals surface area contributed by atoms with Crippen molar-refractivity contribution in [2.45, 2.75) is 44.1 Å². The van der Waals surface area contributed by atoms with E-state index in [0.29, 0.717) is 5.02 Å². The molecular formula is C19H25ClN2OS. The number of anilines is 1. The first kappa shape index (κ1) is 16.5. The summed E-state index contributed by atoms with van der Waals surface area (Å²) in [6.07, 6.45) is 8.21. The number of benzene rings is 1. The second-order valence-corrected chi connectivity index (χ2v) is 8.80. The minimum absolute atomic E-state index is 0.255. The van der Waals surface area contributed by atoms with Gasteiger partial charge in [-0.2, -0.15) is 0 Å². The first-order valence-electron chi connectivity index (χ1n) is 8.87. The maximum atomic E-state index is 6.14. The van der Waals surface area contributed by atoms with Gasteiger partial charge in [-0.05, 0) is 86.7 Å². The summed E-state index contributed by atoms with van der Waals surface area (Å²) >= 11 is 11.9. The predicted molar refractivity (Wildman–Crippen MR) is 103 cm³/mol. The van der Waals surface area contributed by atoms with Crippen molar-refractivity contribution in [3.8, 4) is 5.75 Å². The molecule has 130 valence electrons. The van der Waals surface area contributed by atoms with Crippen LogP contribution in [-0.4, -0.2) is 29.7 Å². The molecule has 0 amide bonds. The van der Waals surface area contributed by atoms with Crippen molar-refractivity contribution < 1.29 is 4.74 Å². The number of nitrogens with one attached hydrogen (secondary N) is 1. The zero-order valence-electron chi connectivity index (χ0n) is 14.3. The Hall–Kier alpha value is -1.00. The van der Waals surface area contributed by atoms with Crippen LogP contribution in [0.25, 0.3) is 0 Å². The molecule has 0 atom stereocenters. The molecule has 5 rings (SSSR count). The van der Waals surface area contributed by atoms with E-state index in [0.717, 1.165) is 34.3 Å². The fraction of sp³-hybridized carbons (Fsp3) is 0.632. The monoisotopic (exact) mass is 364 g/mol. The number of thiocarbonyl (C=S) groups is 1. The van der Waals surface area contributed by atoms with Gasteiger partial charge in [0.25, 0.3) is 0 Å². The number of hydrogen-bond acceptors (Lipinski definition) is 2. The van der Waals surface area contributed by atoms with Crippen LogP contribution in [0, 0.1) is 17.8 Å². The summed E-state index contributed by atoms with van der Waals surface area (Å²) in [5.74, 6) is 3.48. The summed E-state index contributed by atoms with van der Waals surface area (Å²) in [5, 5.41) is 4.83. The van der Waals surface area contributed by atoms with Crippen molar-refractivity contribution in [1.82, 2.24) is 4.90 Å². The molecule has 0 radical (unpaired) electrons. The van der Waals surface area contributed by atoms with Crippen LogP contribution in [0.4, 0.5) is 5.69 Å². The van der Waals surface area contributed by atoms with Crippen LogP contribution >= 0.6 is 23.8 Å². The van der Waals surface area contributed by atoms with Gasteiger partial charge in [0.15, 0.2) is 5.11 Å². The molecule has 4 fully saturated rings. The third kappa shape index (κ3) is 2.78. The van der Waals surface area contributed by atoms with Crippen molar-refractivity contribution in [2.24, 2.45) is 17.8 Å². The number of methoxy groups -OCH3 is 1. The van der Waals surface area contributed by atoms with Crippen LogP contribution in [0.15, 0.2) is 18.2 Å². The Bertz CT molecular complexity index is 627. The third-order valence-electron chi connectivity index (χ3n) is 6.43. The van der Waals surface area contributed by atoms with Gasteiger partial charge in [0.05, 0.1) is 12.8 Å². The fourth-order valence-electron chi connectivity index (χ4n) is 5.67. The van der Waals surface area contributed by atoms with Crippen LogP contribution in [-0.2, 0) is 0 Å². The number of rotatable bonds is 3. The molecule has 5 heteroatoms. The SMILES string of the molecule is COc1ccc(Cl)cc1NC(=S)N(C)C12CC3CC(CC(C3)C1)C2. The van der Waals surface area contributed by atoms with Crippen LogP contribution < -0.4 is 10.1 Å². The topological polar surface area (TPSA) is 24.5 Å². The lowest BCUT2D eigenvalue weighted by Crippen LogP contribution is -2.60. The molecule has 4 aliphatic rings. The lowest BCUT2D eigenvalue weighted by Gasteiger charge is -2.60. The first-order valence-corrected chi connectivity index (χ1v) is 9.66. The molecule has 0 unspecified atom stereocenters. The summed E-state index contributed by atoms with van der Waals surface area (Å²) in [4.78, 5) is 2.34. The highest BCUT2D eigenvalue weighted by atomic mass is 35.5. The summed E-state index contributed by atoms with van der Waals surface area (Å²) in [7, 11) is 3.83. The van der Waals surface area contributed by atoms with Gasteiger partial charge in [0.2, 0.25) is 0 Å². The van der Waals surface area contributed by atoms with Gasteiger partial charge in [0.1, 0.15) is 5.75 Å². The predicted octanol–water partition coefficient (Wildman–Crippen LogP) is 4.95. The molecule has 0 spiro atoms. The Labute approximate surface area is 154 Å². The normalized spacial score (nSPS) is 33.4. The standard InChI is InChI=1S/C19H25ClN2OS/c1-22(18(24)21-16-8-15(20)3-4-17(16)23-2)19-9-12-5-13(10-19)7-14(6-12)11-19/h3-4,8,12-14H,5-7,9-11H2,1-2H3,(H,21,24). The number of ether oxygens (including phenoxy) is 1. The Morgan fingerprint density at radius 1 is 1.21 bits per heavy atom. The minimum atomic E-state index is 0.255. The quantitative estimate of drug-likeness (QED) is 0.767. The lowest BCUT2D eigenvalue weighted by molar-refractivity contribution is -0.0538. The second kappa shape index (κ2) is 6.06. The van der Waals surface area contributed by atoms with E-state index >= 15 is 0 Å². The number of nitrogens with zero attached hydrogens (tertiary/aromatic N) is 1. The average molecular weight is 365 g/mol. The van der Waals surface area contributed by atoms with E-state index in [9.17, 15) is 0 Å². The van der Waals surface area contributed by atoms with E-state index in [-0.39, 0.29) is 5.54 Å². The Morgan fingerprint density at radius 2 is 1.79 bits per heavy atom. The molecule has 1 N–H and O–H groups in total. The van der Waals surface area contributed by atoms with E-state index in [1.54, 1.807) is 7.11 Å². The van der Waals surface area contributed by atoms with E-state index in [2.05, 4.69) is 17.3 Å². The molecule has 0 saturated heterocycles. The smallest absolute Gasteiger partial charge is 0.173 e. The summed E-state index contributed by atoms with van der Waals surface area (Å²) in [6, 6.07) is 5.58. The molecule has 4 aliphatic carbocycles. The highest BCUT2D eigenvalue weighted by Crippen LogP contribution is 2.57. The first-order chi connectivity index (χ1) is 11.5. The van der Waals surface area contributed by atoms with Gasteiger partial charge in [-0.25, -0.2) is 0 Å². The van der Waals surface area contributed by atoms with Gasteiger partial charge >= 0.3 is 0 Å². The Balaban J connectivity index is 1.54. The fourth-order valence-corrected chi connectivity index (χ4v) is 6.14. The summed E-state index contributed by atoms with van der Waals surface area (Å²) in [6.45, 7) is 0.